The highest BCUT2D eigenvalue weighted by molar-refractivity contribution is 5.79. The molecule has 4 aliphatic carbocycles. The first-order valence-electron chi connectivity index (χ1n) is 19.9. The molecule has 0 aromatic rings. The molecule has 3 heterocycles. The van der Waals surface area contributed by atoms with Gasteiger partial charge in [0.05, 0.1) is 25.2 Å². The number of allylic oxidation sites excluding steroid dienone is 1. The van der Waals surface area contributed by atoms with Gasteiger partial charge in [-0.05, 0) is 74.5 Å². The Balaban J connectivity index is 1.12. The molecule has 6 fully saturated rings. The molecule has 57 heavy (non-hydrogen) atoms. The number of aliphatic hydroxyl groups is 11. The first-order valence-corrected chi connectivity index (χ1v) is 19.9. The van der Waals surface area contributed by atoms with Gasteiger partial charge in [-0.2, -0.15) is 0 Å². The van der Waals surface area contributed by atoms with E-state index in [-0.39, 0.29) is 18.3 Å². The van der Waals surface area contributed by atoms with Crippen LogP contribution in [0.1, 0.15) is 65.2 Å². The van der Waals surface area contributed by atoms with Gasteiger partial charge >= 0.3 is 5.97 Å². The molecule has 1 spiro atoms. The standard InChI is InChI=1S/C38H58O19/c1-35-6-3-7-36(2,34(51)56-32-29(50)26(47)23(44)18(13-41)53-32)20(35)4-8-37-10-16(11-39)38(15-37,9-5-21(35)37)57-33-30(27(48)24(45)19(14-42)54-33)55-31-28(49)25(46)22(43)17(12-40)52-31/h10-11,17-33,40-50H,3-9,12-15H2,1-2H3/t17-,18-,19-,20-,21-,22-,23-,24-,25+,26+,27+,28-,29-,30-,31+,32+,33+,35+,36-,37+,38-/m1/s1. The van der Waals surface area contributed by atoms with E-state index in [4.69, 9.17) is 28.4 Å². The van der Waals surface area contributed by atoms with E-state index in [9.17, 15) is 65.8 Å². The van der Waals surface area contributed by atoms with Gasteiger partial charge in [-0.3, -0.25) is 9.59 Å². The number of ether oxygens (including phenoxy) is 6. The maximum atomic E-state index is 14.1. The van der Waals surface area contributed by atoms with Crippen molar-refractivity contribution in [2.75, 3.05) is 19.8 Å². The van der Waals surface area contributed by atoms with Crippen LogP contribution in [0.3, 0.4) is 0 Å². The number of aldehydes is 1. The van der Waals surface area contributed by atoms with E-state index in [1.165, 1.54) is 0 Å². The van der Waals surface area contributed by atoms with Crippen molar-refractivity contribution < 1.29 is 94.2 Å². The normalized spacial score (nSPS) is 53.6. The highest BCUT2D eigenvalue weighted by Crippen LogP contribution is 2.72. The van der Waals surface area contributed by atoms with Crippen LogP contribution < -0.4 is 0 Å². The molecule has 3 saturated heterocycles. The second kappa shape index (κ2) is 15.9. The molecule has 19 heteroatoms. The number of aliphatic hydroxyl groups excluding tert-OH is 11. The summed E-state index contributed by atoms with van der Waals surface area (Å²) in [6.45, 7) is 1.82. The van der Waals surface area contributed by atoms with Crippen LogP contribution in [-0.2, 0) is 38.0 Å². The first kappa shape index (κ1) is 43.3. The minimum absolute atomic E-state index is 0.0522. The number of rotatable bonds is 10. The van der Waals surface area contributed by atoms with Crippen molar-refractivity contribution in [2.24, 2.45) is 28.1 Å². The highest BCUT2D eigenvalue weighted by Gasteiger charge is 2.68. The zero-order valence-electron chi connectivity index (χ0n) is 31.9. The molecule has 0 aromatic carbocycles. The largest absolute Gasteiger partial charge is 0.432 e. The van der Waals surface area contributed by atoms with Crippen LogP contribution in [0.15, 0.2) is 11.6 Å². The molecule has 0 amide bonds. The number of carbonyl (C=O) groups excluding carboxylic acids is 2. The minimum Gasteiger partial charge on any atom is -0.432 e. The van der Waals surface area contributed by atoms with Crippen molar-refractivity contribution in [1.29, 1.82) is 0 Å². The smallest absolute Gasteiger partial charge is 0.314 e. The Hall–Kier alpha value is -1.76. The molecule has 3 saturated carbocycles. The van der Waals surface area contributed by atoms with E-state index in [0.29, 0.717) is 50.4 Å². The van der Waals surface area contributed by atoms with Crippen molar-refractivity contribution in [2.45, 2.75) is 163 Å². The zero-order valence-corrected chi connectivity index (χ0v) is 31.9. The second-order valence-electron chi connectivity index (χ2n) is 17.8. The molecule has 0 radical (unpaired) electrons. The Bertz CT molecular complexity index is 1510. The molecule has 3 aliphatic heterocycles. The number of hydrogen-bond acceptors (Lipinski definition) is 19. The molecule has 0 unspecified atom stereocenters. The molecule has 2 bridgehead atoms. The molecular weight excluding hydrogens is 760 g/mol. The van der Waals surface area contributed by atoms with Gasteiger partial charge in [0.25, 0.3) is 0 Å². The van der Waals surface area contributed by atoms with Crippen LogP contribution in [0.2, 0.25) is 0 Å². The minimum atomic E-state index is -1.86. The molecule has 11 N–H and O–H groups in total. The van der Waals surface area contributed by atoms with Crippen molar-refractivity contribution >= 4 is 12.3 Å². The SMILES string of the molecule is C[C@]12CCC[C@@](C)(C(=O)O[C@@H]3O[C@H](CO)[C@@H](O)[C@H](O)[C@H]3O)[C@@H]1CC[C@@]13C=C(C=O)[C@@](O[C@@H]4O[C@H](CO)[C@@H](O)[C@H](O)[C@H]4O[C@@H]4O[C@H](CO)[C@@H](O)[C@H](O)[C@H]4O)(CC[C@@H]12)C3. The number of esters is 1. The summed E-state index contributed by atoms with van der Waals surface area (Å²) >= 11 is 0. The maximum absolute atomic E-state index is 14.1. The van der Waals surface area contributed by atoms with Gasteiger partial charge in [0.1, 0.15) is 85.1 Å². The van der Waals surface area contributed by atoms with Crippen LogP contribution in [0, 0.1) is 28.1 Å². The monoisotopic (exact) mass is 818 g/mol. The molecule has 7 aliphatic rings. The molecule has 324 valence electrons. The molecule has 0 aromatic heterocycles. The third-order valence-electron chi connectivity index (χ3n) is 14.8. The summed E-state index contributed by atoms with van der Waals surface area (Å²) in [5.41, 5.74) is -3.06. The van der Waals surface area contributed by atoms with Crippen molar-refractivity contribution in [3.63, 3.8) is 0 Å². The maximum Gasteiger partial charge on any atom is 0.314 e. The van der Waals surface area contributed by atoms with Crippen molar-refractivity contribution in [3.8, 4) is 0 Å². The topological polar surface area (TPSA) is 312 Å². The lowest BCUT2D eigenvalue weighted by molar-refractivity contribution is -0.378. The highest BCUT2D eigenvalue weighted by atomic mass is 16.8. The van der Waals surface area contributed by atoms with Crippen molar-refractivity contribution in [3.05, 3.63) is 11.6 Å². The van der Waals surface area contributed by atoms with Gasteiger partial charge in [-0.1, -0.05) is 19.4 Å². The van der Waals surface area contributed by atoms with Gasteiger partial charge in [-0.15, -0.1) is 0 Å². The second-order valence-corrected chi connectivity index (χ2v) is 17.8. The van der Waals surface area contributed by atoms with Crippen LogP contribution in [-0.4, -0.2) is 186 Å². The Kier molecular flexibility index (Phi) is 12.1. The summed E-state index contributed by atoms with van der Waals surface area (Å²) in [5, 5.41) is 114. The van der Waals surface area contributed by atoms with Crippen LogP contribution in [0.4, 0.5) is 0 Å². The first-order chi connectivity index (χ1) is 26.9. The summed E-state index contributed by atoms with van der Waals surface area (Å²) in [6.07, 6.45) is -17.7. The third-order valence-corrected chi connectivity index (χ3v) is 14.8. The summed E-state index contributed by atoms with van der Waals surface area (Å²) in [7, 11) is 0. The van der Waals surface area contributed by atoms with E-state index < -0.39 is 140 Å². The predicted molar refractivity (Wildman–Crippen MR) is 187 cm³/mol. The molecular formula is C38H58O19. The molecule has 21 atom stereocenters. The van der Waals surface area contributed by atoms with Gasteiger partial charge in [0.2, 0.25) is 6.29 Å². The molecule has 7 rings (SSSR count). The summed E-state index contributed by atoms with van der Waals surface area (Å²) in [6, 6.07) is 0. The number of hydrogen-bond donors (Lipinski definition) is 11. The third kappa shape index (κ3) is 6.92. The Morgan fingerprint density at radius 2 is 1.25 bits per heavy atom. The average molecular weight is 819 g/mol. The predicted octanol–water partition coefficient (Wildman–Crippen LogP) is -3.76. The zero-order chi connectivity index (χ0) is 41.4. The van der Waals surface area contributed by atoms with Gasteiger partial charge in [-0.25, -0.2) is 0 Å². The van der Waals surface area contributed by atoms with Crippen LogP contribution in [0.25, 0.3) is 0 Å². The van der Waals surface area contributed by atoms with Crippen molar-refractivity contribution in [1.82, 2.24) is 0 Å². The Labute approximate surface area is 328 Å². The molecule has 19 nitrogen and oxygen atoms in total. The van der Waals surface area contributed by atoms with Gasteiger partial charge < -0.3 is 84.6 Å². The number of fused-ring (bicyclic) bond motifs is 3. The number of carbonyl (C=O) groups is 2. The lowest BCUT2D eigenvalue weighted by atomic mass is 9.40. The lowest BCUT2D eigenvalue weighted by Gasteiger charge is -2.64. The van der Waals surface area contributed by atoms with E-state index in [0.717, 1.165) is 6.42 Å². The summed E-state index contributed by atoms with van der Waals surface area (Å²) in [5.74, 6) is -0.903. The van der Waals surface area contributed by atoms with E-state index in [1.807, 2.05) is 13.0 Å². The Morgan fingerprint density at radius 3 is 1.84 bits per heavy atom. The van der Waals surface area contributed by atoms with Gasteiger partial charge in [0, 0.05) is 5.57 Å². The Morgan fingerprint density at radius 1 is 0.702 bits per heavy atom. The summed E-state index contributed by atoms with van der Waals surface area (Å²) < 4.78 is 35.3. The fourth-order valence-electron chi connectivity index (χ4n) is 11.8. The van der Waals surface area contributed by atoms with E-state index in [1.54, 1.807) is 0 Å². The fourth-order valence-corrected chi connectivity index (χ4v) is 11.8. The van der Waals surface area contributed by atoms with E-state index in [2.05, 4.69) is 6.92 Å². The quantitative estimate of drug-likeness (QED) is 0.0573. The summed E-state index contributed by atoms with van der Waals surface area (Å²) in [4.78, 5) is 27.0. The van der Waals surface area contributed by atoms with Crippen LogP contribution in [0.5, 0.6) is 0 Å². The average Bonchev–Trinajstić information content (AvgIpc) is 3.42. The fraction of sp³-hybridized carbons (Fsp3) is 0.895. The lowest BCUT2D eigenvalue weighted by Crippen LogP contribution is -2.66. The van der Waals surface area contributed by atoms with E-state index >= 15 is 0 Å². The van der Waals surface area contributed by atoms with Crippen LogP contribution >= 0.6 is 0 Å². The van der Waals surface area contributed by atoms with Gasteiger partial charge in [0.15, 0.2) is 12.6 Å².